The Morgan fingerprint density at radius 1 is 1.29 bits per heavy atom. The summed E-state index contributed by atoms with van der Waals surface area (Å²) in [6.45, 7) is 0. The van der Waals surface area contributed by atoms with Gasteiger partial charge in [0, 0.05) is 9.50 Å². The second-order valence-electron chi connectivity index (χ2n) is 4.32. The molecule has 1 atom stereocenters. The molecule has 0 aliphatic carbocycles. The maximum Gasteiger partial charge on any atom is 0.188 e. The van der Waals surface area contributed by atoms with E-state index in [-0.39, 0.29) is 5.78 Å². The van der Waals surface area contributed by atoms with Gasteiger partial charge in [0.2, 0.25) is 0 Å². The van der Waals surface area contributed by atoms with Crippen LogP contribution >= 0.6 is 27.5 Å². The van der Waals surface area contributed by atoms with Crippen molar-refractivity contribution in [3.05, 3.63) is 63.1 Å². The lowest BCUT2D eigenvalue weighted by Gasteiger charge is -2.12. The van der Waals surface area contributed by atoms with Gasteiger partial charge in [-0.3, -0.25) is 4.79 Å². The minimum Gasteiger partial charge on any atom is -0.496 e. The molecule has 2 aromatic carbocycles. The number of carbonyl (C=O) groups is 1. The molecule has 0 saturated heterocycles. The number of halogens is 2. The SMILES string of the molecule is COc1cc(Br)ccc1C(=O)C(C#N)c1ccc(Cl)cc1. The molecule has 21 heavy (non-hydrogen) atoms. The van der Waals surface area contributed by atoms with E-state index in [9.17, 15) is 10.1 Å². The van der Waals surface area contributed by atoms with Gasteiger partial charge in [-0.1, -0.05) is 39.7 Å². The molecule has 0 N–H and O–H groups in total. The zero-order chi connectivity index (χ0) is 15.4. The molecule has 0 aromatic heterocycles. The van der Waals surface area contributed by atoms with Crippen LogP contribution in [0.3, 0.4) is 0 Å². The van der Waals surface area contributed by atoms with E-state index in [1.54, 1.807) is 42.5 Å². The van der Waals surface area contributed by atoms with Crippen LogP contribution in [-0.4, -0.2) is 12.9 Å². The molecular weight excluding hydrogens is 354 g/mol. The van der Waals surface area contributed by atoms with Gasteiger partial charge in [0.05, 0.1) is 18.7 Å². The van der Waals surface area contributed by atoms with Gasteiger partial charge in [0.25, 0.3) is 0 Å². The van der Waals surface area contributed by atoms with Gasteiger partial charge >= 0.3 is 0 Å². The largest absolute Gasteiger partial charge is 0.496 e. The number of rotatable bonds is 4. The van der Waals surface area contributed by atoms with Gasteiger partial charge < -0.3 is 4.74 Å². The molecular formula is C16H11BrClNO2. The summed E-state index contributed by atoms with van der Waals surface area (Å²) in [7, 11) is 1.49. The third-order valence-corrected chi connectivity index (χ3v) is 3.77. The number of ether oxygens (including phenoxy) is 1. The van der Waals surface area contributed by atoms with E-state index in [1.807, 2.05) is 6.07 Å². The topological polar surface area (TPSA) is 50.1 Å². The fourth-order valence-electron chi connectivity index (χ4n) is 1.96. The molecule has 2 aromatic rings. The minimum atomic E-state index is -0.891. The Hall–Kier alpha value is -1.83. The number of benzene rings is 2. The van der Waals surface area contributed by atoms with Gasteiger partial charge in [-0.15, -0.1) is 0 Å². The summed E-state index contributed by atoms with van der Waals surface area (Å²) >= 11 is 9.15. The Morgan fingerprint density at radius 3 is 2.52 bits per heavy atom. The van der Waals surface area contributed by atoms with Crippen LogP contribution in [0.15, 0.2) is 46.9 Å². The van der Waals surface area contributed by atoms with Crippen molar-refractivity contribution in [2.24, 2.45) is 0 Å². The second-order valence-corrected chi connectivity index (χ2v) is 5.67. The van der Waals surface area contributed by atoms with E-state index in [0.717, 1.165) is 4.47 Å². The zero-order valence-electron chi connectivity index (χ0n) is 11.1. The summed E-state index contributed by atoms with van der Waals surface area (Å²) in [5.74, 6) is -0.759. The number of hydrogen-bond donors (Lipinski definition) is 0. The Labute approximate surface area is 136 Å². The summed E-state index contributed by atoms with van der Waals surface area (Å²) in [6.07, 6.45) is 0. The Morgan fingerprint density at radius 2 is 1.95 bits per heavy atom. The summed E-state index contributed by atoms with van der Waals surface area (Å²) in [6, 6.07) is 13.8. The number of nitriles is 1. The molecule has 106 valence electrons. The number of ketones is 1. The lowest BCUT2D eigenvalue weighted by molar-refractivity contribution is 0.0976. The number of nitrogens with zero attached hydrogens (tertiary/aromatic N) is 1. The summed E-state index contributed by atoms with van der Waals surface area (Å²) < 4.78 is 6.02. The normalized spacial score (nSPS) is 11.5. The van der Waals surface area contributed by atoms with Gasteiger partial charge in [0.1, 0.15) is 11.7 Å². The summed E-state index contributed by atoms with van der Waals surface area (Å²) in [5, 5.41) is 9.90. The molecule has 2 rings (SSSR count). The van der Waals surface area contributed by atoms with E-state index in [2.05, 4.69) is 15.9 Å². The number of Topliss-reactive ketones (excluding diaryl/α,β-unsaturated/α-hetero) is 1. The highest BCUT2D eigenvalue weighted by Crippen LogP contribution is 2.29. The highest BCUT2D eigenvalue weighted by molar-refractivity contribution is 9.10. The van der Waals surface area contributed by atoms with Crippen molar-refractivity contribution in [2.45, 2.75) is 5.92 Å². The van der Waals surface area contributed by atoms with Crippen molar-refractivity contribution in [1.29, 1.82) is 5.26 Å². The van der Waals surface area contributed by atoms with E-state index in [4.69, 9.17) is 16.3 Å². The first kappa shape index (κ1) is 15.6. The van der Waals surface area contributed by atoms with Crippen molar-refractivity contribution in [1.82, 2.24) is 0 Å². The third kappa shape index (κ3) is 3.44. The molecule has 0 spiro atoms. The highest BCUT2D eigenvalue weighted by Gasteiger charge is 2.24. The lowest BCUT2D eigenvalue weighted by atomic mass is 9.91. The second kappa shape index (κ2) is 6.75. The number of methoxy groups -OCH3 is 1. The van der Waals surface area contributed by atoms with E-state index < -0.39 is 5.92 Å². The predicted octanol–water partition coefficient (Wildman–Crippen LogP) is 4.60. The van der Waals surface area contributed by atoms with Crippen LogP contribution in [-0.2, 0) is 0 Å². The molecule has 0 saturated carbocycles. The summed E-state index contributed by atoms with van der Waals surface area (Å²) in [5.41, 5.74) is 0.985. The molecule has 0 fully saturated rings. The highest BCUT2D eigenvalue weighted by atomic mass is 79.9. The van der Waals surface area contributed by atoms with Crippen LogP contribution in [0.25, 0.3) is 0 Å². The maximum absolute atomic E-state index is 12.6. The molecule has 0 bridgehead atoms. The molecule has 0 heterocycles. The van der Waals surface area contributed by atoms with E-state index in [0.29, 0.717) is 21.9 Å². The van der Waals surface area contributed by atoms with Crippen molar-refractivity contribution >= 4 is 33.3 Å². The minimum absolute atomic E-state index is 0.302. The van der Waals surface area contributed by atoms with Crippen LogP contribution in [0.1, 0.15) is 21.8 Å². The first-order valence-corrected chi connectivity index (χ1v) is 7.26. The number of carbonyl (C=O) groups excluding carboxylic acids is 1. The molecule has 0 aliphatic heterocycles. The zero-order valence-corrected chi connectivity index (χ0v) is 13.5. The van der Waals surface area contributed by atoms with Crippen LogP contribution < -0.4 is 4.74 Å². The van der Waals surface area contributed by atoms with E-state index >= 15 is 0 Å². The van der Waals surface area contributed by atoms with Crippen LogP contribution in [0.4, 0.5) is 0 Å². The average molecular weight is 365 g/mol. The van der Waals surface area contributed by atoms with Crippen molar-refractivity contribution in [3.63, 3.8) is 0 Å². The third-order valence-electron chi connectivity index (χ3n) is 3.02. The fraction of sp³-hybridized carbons (Fsp3) is 0.125. The molecule has 0 radical (unpaired) electrons. The Kier molecular flexibility index (Phi) is 5.00. The molecule has 5 heteroatoms. The van der Waals surface area contributed by atoms with Gasteiger partial charge in [-0.2, -0.15) is 5.26 Å². The standard InChI is InChI=1S/C16H11BrClNO2/c1-21-15-8-11(17)4-7-13(15)16(20)14(9-19)10-2-5-12(18)6-3-10/h2-8,14H,1H3. The molecule has 0 amide bonds. The first-order chi connectivity index (χ1) is 10.1. The van der Waals surface area contributed by atoms with Crippen LogP contribution in [0, 0.1) is 11.3 Å². The molecule has 0 aliphatic rings. The smallest absolute Gasteiger partial charge is 0.188 e. The predicted molar refractivity (Wildman–Crippen MR) is 84.8 cm³/mol. The van der Waals surface area contributed by atoms with Crippen molar-refractivity contribution in [3.8, 4) is 11.8 Å². The Balaban J connectivity index is 2.42. The molecule has 1 unspecified atom stereocenters. The summed E-state index contributed by atoms with van der Waals surface area (Å²) in [4.78, 5) is 12.6. The molecule has 3 nitrogen and oxygen atoms in total. The number of hydrogen-bond acceptors (Lipinski definition) is 3. The lowest BCUT2D eigenvalue weighted by Crippen LogP contribution is -2.12. The van der Waals surface area contributed by atoms with Crippen LogP contribution in [0.2, 0.25) is 5.02 Å². The first-order valence-electron chi connectivity index (χ1n) is 6.09. The van der Waals surface area contributed by atoms with Gasteiger partial charge in [-0.25, -0.2) is 0 Å². The van der Waals surface area contributed by atoms with Gasteiger partial charge in [-0.05, 0) is 35.9 Å². The van der Waals surface area contributed by atoms with Crippen molar-refractivity contribution < 1.29 is 9.53 Å². The maximum atomic E-state index is 12.6. The quantitative estimate of drug-likeness (QED) is 0.745. The van der Waals surface area contributed by atoms with Crippen molar-refractivity contribution in [2.75, 3.05) is 7.11 Å². The Bertz CT molecular complexity index is 707. The fourth-order valence-corrected chi connectivity index (χ4v) is 2.43. The average Bonchev–Trinajstić information content (AvgIpc) is 2.49. The van der Waals surface area contributed by atoms with Gasteiger partial charge in [0.15, 0.2) is 5.78 Å². The van der Waals surface area contributed by atoms with E-state index in [1.165, 1.54) is 7.11 Å². The van der Waals surface area contributed by atoms with Crippen LogP contribution in [0.5, 0.6) is 5.75 Å². The monoisotopic (exact) mass is 363 g/mol.